The Hall–Kier alpha value is -3.94. The van der Waals surface area contributed by atoms with E-state index in [4.69, 9.17) is 9.41 Å². The van der Waals surface area contributed by atoms with Gasteiger partial charge in [-0.25, -0.2) is 4.99 Å². The minimum Gasteiger partial charge on any atom is -0.456 e. The van der Waals surface area contributed by atoms with Gasteiger partial charge in [0, 0.05) is 53.0 Å². The summed E-state index contributed by atoms with van der Waals surface area (Å²) in [6.07, 6.45) is 0. The van der Waals surface area contributed by atoms with Gasteiger partial charge in [0.1, 0.15) is 16.2 Å². The summed E-state index contributed by atoms with van der Waals surface area (Å²) in [6, 6.07) is 24.2. The zero-order valence-corrected chi connectivity index (χ0v) is 22.7. The van der Waals surface area contributed by atoms with Gasteiger partial charge >= 0.3 is 0 Å². The van der Waals surface area contributed by atoms with Crippen molar-refractivity contribution in [3.05, 3.63) is 95.3 Å². The van der Waals surface area contributed by atoms with E-state index in [-0.39, 0.29) is 4.90 Å². The first-order valence-corrected chi connectivity index (χ1v) is 14.1. The van der Waals surface area contributed by atoms with Gasteiger partial charge in [-0.3, -0.25) is 4.55 Å². The molecular weight excluding hydrogens is 496 g/mol. The molecule has 0 atom stereocenters. The van der Waals surface area contributed by atoms with E-state index < -0.39 is 10.1 Å². The van der Waals surface area contributed by atoms with Crippen molar-refractivity contribution in [2.45, 2.75) is 32.6 Å². The van der Waals surface area contributed by atoms with Crippen LogP contribution in [0.4, 0.5) is 11.4 Å². The molecule has 0 spiro atoms. The predicted molar refractivity (Wildman–Crippen MR) is 153 cm³/mol. The topological polar surface area (TPSA) is 83.1 Å². The second kappa shape index (κ2) is 10.1. The smallest absolute Gasteiger partial charge is 0.295 e. The molecular formula is C31H30N2O4S. The summed E-state index contributed by atoms with van der Waals surface area (Å²) in [5.74, 6) is 0.571. The van der Waals surface area contributed by atoms with Gasteiger partial charge < -0.3 is 9.32 Å². The van der Waals surface area contributed by atoms with Crippen molar-refractivity contribution in [1.82, 2.24) is 0 Å². The second-order valence-electron chi connectivity index (χ2n) is 9.33. The summed E-state index contributed by atoms with van der Waals surface area (Å²) in [6.45, 7) is 9.94. The van der Waals surface area contributed by atoms with Crippen LogP contribution in [0.2, 0.25) is 0 Å². The molecule has 1 aliphatic heterocycles. The van der Waals surface area contributed by atoms with Crippen LogP contribution in [0.3, 0.4) is 0 Å². The Labute approximate surface area is 223 Å². The average Bonchev–Trinajstić information content (AvgIpc) is 2.89. The lowest BCUT2D eigenvalue weighted by Crippen LogP contribution is -2.21. The van der Waals surface area contributed by atoms with E-state index in [9.17, 15) is 13.0 Å². The molecule has 0 bridgehead atoms. The minimum absolute atomic E-state index is 0.147. The van der Waals surface area contributed by atoms with Crippen LogP contribution in [0.15, 0.2) is 93.2 Å². The highest BCUT2D eigenvalue weighted by atomic mass is 32.2. The molecule has 0 saturated carbocycles. The van der Waals surface area contributed by atoms with E-state index in [0.717, 1.165) is 51.9 Å². The molecule has 0 unspecified atom stereocenters. The van der Waals surface area contributed by atoms with Crippen LogP contribution >= 0.6 is 0 Å². The molecule has 1 N–H and O–H groups in total. The molecule has 0 saturated heterocycles. The van der Waals surface area contributed by atoms with Crippen molar-refractivity contribution in [1.29, 1.82) is 0 Å². The van der Waals surface area contributed by atoms with E-state index >= 15 is 0 Å². The van der Waals surface area contributed by atoms with E-state index in [1.807, 2.05) is 68.4 Å². The van der Waals surface area contributed by atoms with E-state index in [2.05, 4.69) is 18.7 Å². The molecule has 1 aliphatic carbocycles. The Kier molecular flexibility index (Phi) is 6.82. The fraction of sp³-hybridized carbons (Fsp3) is 0.194. The summed E-state index contributed by atoms with van der Waals surface area (Å²) >= 11 is 0. The zero-order chi connectivity index (χ0) is 27.0. The van der Waals surface area contributed by atoms with Crippen molar-refractivity contribution >= 4 is 32.5 Å². The molecule has 0 amide bonds. The molecule has 0 radical (unpaired) electrons. The molecule has 38 heavy (non-hydrogen) atoms. The Morgan fingerprint density at radius 1 is 0.842 bits per heavy atom. The first-order chi connectivity index (χ1) is 18.2. The van der Waals surface area contributed by atoms with Gasteiger partial charge in [0.15, 0.2) is 0 Å². The zero-order valence-electron chi connectivity index (χ0n) is 21.9. The fourth-order valence-electron chi connectivity index (χ4n) is 5.02. The van der Waals surface area contributed by atoms with Crippen LogP contribution in [-0.2, 0) is 10.1 Å². The standard InChI is InChI=1S/C31H30N2O4S/c1-5-33(6-2)23-15-17-25-28(19-23)37-27-18-22(32-31-20(3)10-9-11-21(31)4)14-16-24(27)30(25)26-12-7-8-13-29(26)38(34,35)36/h7-19H,5-6H2,1-4H3,(H,34,35,36). The number of anilines is 1. The lowest BCUT2D eigenvalue weighted by Gasteiger charge is -2.22. The molecule has 194 valence electrons. The number of hydrogen-bond acceptors (Lipinski definition) is 5. The maximum Gasteiger partial charge on any atom is 0.295 e. The Morgan fingerprint density at radius 3 is 2.24 bits per heavy atom. The molecule has 7 heteroatoms. The Bertz CT molecular complexity index is 1780. The van der Waals surface area contributed by atoms with E-state index in [0.29, 0.717) is 22.5 Å². The SMILES string of the molecule is CCN(CC)c1ccc2c(-c3ccccc3S(=O)(=O)O)c3ccc(=Nc4c(C)cccc4C)cc-3oc2c1. The van der Waals surface area contributed by atoms with Crippen molar-refractivity contribution < 1.29 is 17.4 Å². The van der Waals surface area contributed by atoms with Gasteiger partial charge in [0.05, 0.1) is 11.0 Å². The minimum atomic E-state index is -4.46. The summed E-state index contributed by atoms with van der Waals surface area (Å²) in [7, 11) is -4.46. The first-order valence-electron chi connectivity index (χ1n) is 12.6. The van der Waals surface area contributed by atoms with Crippen molar-refractivity contribution in [2.75, 3.05) is 18.0 Å². The van der Waals surface area contributed by atoms with Gasteiger partial charge in [-0.2, -0.15) is 8.42 Å². The lowest BCUT2D eigenvalue weighted by atomic mass is 9.93. The van der Waals surface area contributed by atoms with Crippen LogP contribution in [0, 0.1) is 13.8 Å². The fourth-order valence-corrected chi connectivity index (χ4v) is 5.72. The third-order valence-corrected chi connectivity index (χ3v) is 7.84. The molecule has 6 nitrogen and oxygen atoms in total. The molecule has 0 fully saturated rings. The predicted octanol–water partition coefficient (Wildman–Crippen LogP) is 7.15. The molecule has 0 aromatic heterocycles. The maximum atomic E-state index is 12.4. The van der Waals surface area contributed by atoms with Crippen LogP contribution in [0.5, 0.6) is 0 Å². The molecule has 5 rings (SSSR count). The van der Waals surface area contributed by atoms with Crippen LogP contribution in [0.25, 0.3) is 33.4 Å². The largest absolute Gasteiger partial charge is 0.456 e. The average molecular weight is 527 g/mol. The summed E-state index contributed by atoms with van der Waals surface area (Å²) < 4.78 is 41.2. The molecule has 2 aliphatic rings. The second-order valence-corrected chi connectivity index (χ2v) is 10.7. The number of nitrogens with zero attached hydrogens (tertiary/aromatic N) is 2. The van der Waals surface area contributed by atoms with Crippen LogP contribution < -0.4 is 10.3 Å². The highest BCUT2D eigenvalue weighted by Gasteiger charge is 2.23. The third kappa shape index (κ3) is 4.71. The normalized spacial score (nSPS) is 12.4. The van der Waals surface area contributed by atoms with Gasteiger partial charge in [-0.05, 0) is 69.2 Å². The number of hydrogen-bond donors (Lipinski definition) is 1. The molecule has 1 heterocycles. The van der Waals surface area contributed by atoms with Crippen molar-refractivity contribution in [3.63, 3.8) is 0 Å². The number of para-hydroxylation sites is 1. The molecule has 3 aromatic rings. The third-order valence-electron chi connectivity index (χ3n) is 6.93. The van der Waals surface area contributed by atoms with Gasteiger partial charge in [-0.15, -0.1) is 0 Å². The number of rotatable bonds is 6. The van der Waals surface area contributed by atoms with Crippen LogP contribution in [-0.4, -0.2) is 26.1 Å². The van der Waals surface area contributed by atoms with Crippen molar-refractivity contribution in [2.24, 2.45) is 4.99 Å². The summed E-state index contributed by atoms with van der Waals surface area (Å²) in [5, 5.41) is 1.48. The summed E-state index contributed by atoms with van der Waals surface area (Å²) in [4.78, 5) is 6.97. The maximum absolute atomic E-state index is 12.4. The lowest BCUT2D eigenvalue weighted by molar-refractivity contribution is 0.483. The highest BCUT2D eigenvalue weighted by molar-refractivity contribution is 7.86. The van der Waals surface area contributed by atoms with E-state index in [1.54, 1.807) is 18.2 Å². The highest BCUT2D eigenvalue weighted by Crippen LogP contribution is 2.43. The Balaban J connectivity index is 1.87. The monoisotopic (exact) mass is 526 g/mol. The summed E-state index contributed by atoms with van der Waals surface area (Å²) in [5.41, 5.74) is 6.51. The number of benzene rings is 4. The van der Waals surface area contributed by atoms with Crippen LogP contribution in [0.1, 0.15) is 25.0 Å². The first kappa shape index (κ1) is 25.7. The van der Waals surface area contributed by atoms with Crippen molar-refractivity contribution in [3.8, 4) is 22.5 Å². The Morgan fingerprint density at radius 2 is 1.55 bits per heavy atom. The van der Waals surface area contributed by atoms with Gasteiger partial charge in [0.2, 0.25) is 0 Å². The van der Waals surface area contributed by atoms with E-state index in [1.165, 1.54) is 6.07 Å². The van der Waals surface area contributed by atoms with Gasteiger partial charge in [0.25, 0.3) is 10.1 Å². The quantitative estimate of drug-likeness (QED) is 0.188. The number of aryl methyl sites for hydroxylation is 2. The van der Waals surface area contributed by atoms with Gasteiger partial charge in [-0.1, -0.05) is 36.4 Å². The number of fused-ring (bicyclic) bond motifs is 2. The molecule has 3 aromatic carbocycles.